The van der Waals surface area contributed by atoms with Crippen LogP contribution in [0.3, 0.4) is 0 Å². The summed E-state index contributed by atoms with van der Waals surface area (Å²) in [5.74, 6) is -2.22. The minimum atomic E-state index is -4.92. The van der Waals surface area contributed by atoms with Crippen molar-refractivity contribution >= 4 is 48.6 Å². The van der Waals surface area contributed by atoms with Crippen LogP contribution in [-0.4, -0.2) is 185 Å². The van der Waals surface area contributed by atoms with Crippen LogP contribution in [0.2, 0.25) is 0 Å². The molecule has 0 aromatic heterocycles. The molecule has 27 heteroatoms. The Balaban J connectivity index is -0.000000667. The molecule has 0 aromatic rings. The Morgan fingerprint density at radius 3 is 1.31 bits per heavy atom. The van der Waals surface area contributed by atoms with Crippen molar-refractivity contribution < 1.29 is 108 Å². The molecule has 0 spiro atoms. The first kappa shape index (κ1) is 43.2. The Hall–Kier alpha value is -0.298. The van der Waals surface area contributed by atoms with Crippen LogP contribution in [0.4, 0.5) is 0 Å². The molecule has 0 radical (unpaired) electrons. The van der Waals surface area contributed by atoms with E-state index in [9.17, 15) is 30.6 Å². The van der Waals surface area contributed by atoms with Crippen LogP contribution in [0.25, 0.3) is 0 Å². The van der Waals surface area contributed by atoms with E-state index >= 15 is 0 Å². The van der Waals surface area contributed by atoms with E-state index in [1.807, 2.05) is 0 Å². The molecule has 39 heavy (non-hydrogen) atoms. The van der Waals surface area contributed by atoms with E-state index in [-0.39, 0.29) is 17.4 Å². The zero-order valence-electron chi connectivity index (χ0n) is 18.9. The second-order valence-corrected chi connectivity index (χ2v) is 9.41. The van der Waals surface area contributed by atoms with Crippen molar-refractivity contribution in [3.8, 4) is 0 Å². The summed E-state index contributed by atoms with van der Waals surface area (Å²) in [4.78, 5) is 0. The number of rotatable bonds is 5. The van der Waals surface area contributed by atoms with Gasteiger partial charge in [-0.2, -0.15) is 0 Å². The Labute approximate surface area is 230 Å². The summed E-state index contributed by atoms with van der Waals surface area (Å²) in [6.07, 6.45) is -12.7. The van der Waals surface area contributed by atoms with Crippen LogP contribution in [-0.2, 0) is 45.4 Å². The van der Waals surface area contributed by atoms with Gasteiger partial charge in [0.1, 0.15) is 49.3 Å². The van der Waals surface area contributed by atoms with Crippen molar-refractivity contribution in [2.75, 3.05) is 19.8 Å². The molecule has 0 unspecified atom stereocenters. The molecule has 2 rings (SSSR count). The largest absolute Gasteiger partial charge is 3.00 e. The van der Waals surface area contributed by atoms with E-state index in [2.05, 4.69) is 0 Å². The summed E-state index contributed by atoms with van der Waals surface area (Å²) in [5.41, 5.74) is 0. The SMILES string of the molecule is O=S(=O)([O-])O.O=S(=O)([O-])O.O=S(=O)([O-])O.OC[C@H]1O[C@@](CO)(O[C@H]2O[C@H](CO)[C@@H](O)[C@H](O)[C@H]2O)[C@@H](O)[C@@H]1O.[Al+3]. The maximum absolute atomic E-state index is 10.00. The van der Waals surface area contributed by atoms with Crippen LogP contribution in [0, 0.1) is 0 Å². The molecule has 23 nitrogen and oxygen atoms in total. The topological polar surface area (TPSA) is 422 Å². The average Bonchev–Trinajstić information content (AvgIpc) is 2.95. The summed E-state index contributed by atoms with van der Waals surface area (Å²) < 4.78 is 114. The predicted molar refractivity (Wildman–Crippen MR) is 111 cm³/mol. The number of hydrogen-bond donors (Lipinski definition) is 11. The third kappa shape index (κ3) is 18.7. The summed E-state index contributed by atoms with van der Waals surface area (Å²) in [7, 11) is -14.7. The van der Waals surface area contributed by atoms with Crippen LogP contribution in [0.1, 0.15) is 0 Å². The molecule has 11 N–H and O–H groups in total. The second kappa shape index (κ2) is 17.6. The van der Waals surface area contributed by atoms with E-state index in [0.717, 1.165) is 0 Å². The van der Waals surface area contributed by atoms with E-state index in [4.69, 9.17) is 77.0 Å². The molecule has 232 valence electrons. The van der Waals surface area contributed by atoms with Gasteiger partial charge in [-0.15, -0.1) is 0 Å². The molecule has 2 aliphatic rings. The summed E-state index contributed by atoms with van der Waals surface area (Å²) in [5, 5.41) is 76.7. The van der Waals surface area contributed by atoms with Gasteiger partial charge in [0.15, 0.2) is 6.29 Å². The molecular formula is C12H25AlO23S3. The van der Waals surface area contributed by atoms with Gasteiger partial charge >= 0.3 is 17.4 Å². The standard InChI is InChI=1S/C12H22O11.Al.3H2O4S/c13-1-4-6(16)8(18)9(19)11(21-4)23-12(3-15)10(20)7(17)5(2-14)22-12;;3*1-5(2,3)4/h4-11,13-20H,1-3H2;;3*(H2,1,2,3,4)/q;+3;;;/p-3/t4-,5-,6-,7-,8+,9-,10+,11-,12+;;;;/m1..../s1. The first-order valence-corrected chi connectivity index (χ1v) is 13.2. The van der Waals surface area contributed by atoms with Gasteiger partial charge in [-0.1, -0.05) is 0 Å². The van der Waals surface area contributed by atoms with Crippen molar-refractivity contribution in [3.63, 3.8) is 0 Å². The first-order valence-electron chi connectivity index (χ1n) is 9.10. The minimum absolute atomic E-state index is 0. The van der Waals surface area contributed by atoms with Gasteiger partial charge in [0, 0.05) is 0 Å². The van der Waals surface area contributed by atoms with Gasteiger partial charge < -0.3 is 68.7 Å². The summed E-state index contributed by atoms with van der Waals surface area (Å²) >= 11 is 0. The molecule has 9 atom stereocenters. The predicted octanol–water partition coefficient (Wildman–Crippen LogP) is -8.76. The zero-order valence-corrected chi connectivity index (χ0v) is 22.5. The first-order chi connectivity index (χ1) is 16.8. The van der Waals surface area contributed by atoms with Crippen molar-refractivity contribution in [2.24, 2.45) is 0 Å². The summed E-state index contributed by atoms with van der Waals surface area (Å²) in [6.45, 7) is -2.32. The van der Waals surface area contributed by atoms with E-state index in [0.29, 0.717) is 0 Å². The molecule has 2 aliphatic heterocycles. The minimum Gasteiger partial charge on any atom is -0.726 e. The van der Waals surface area contributed by atoms with Crippen LogP contribution in [0.5, 0.6) is 0 Å². The molecule has 2 saturated heterocycles. The molecule has 0 amide bonds. The fraction of sp³-hybridized carbons (Fsp3) is 1.00. The van der Waals surface area contributed by atoms with Gasteiger partial charge in [-0.05, 0) is 0 Å². The molecule has 0 aromatic carbocycles. The third-order valence-electron chi connectivity index (χ3n) is 4.07. The molecular weight excluding hydrogens is 635 g/mol. The second-order valence-electron chi connectivity index (χ2n) is 6.84. The van der Waals surface area contributed by atoms with Crippen molar-refractivity contribution in [1.82, 2.24) is 0 Å². The number of aliphatic hydroxyl groups excluding tert-OH is 8. The maximum Gasteiger partial charge on any atom is 3.00 e. The van der Waals surface area contributed by atoms with E-state index in [1.165, 1.54) is 0 Å². The van der Waals surface area contributed by atoms with Crippen molar-refractivity contribution in [2.45, 2.75) is 54.8 Å². The van der Waals surface area contributed by atoms with Gasteiger partial charge in [0.05, 0.1) is 13.2 Å². The number of aliphatic hydroxyl groups is 8. The molecule has 0 saturated carbocycles. The van der Waals surface area contributed by atoms with E-state index < -0.39 is 106 Å². The monoisotopic (exact) mass is 660 g/mol. The molecule has 0 aliphatic carbocycles. The van der Waals surface area contributed by atoms with Crippen molar-refractivity contribution in [1.29, 1.82) is 0 Å². The van der Waals surface area contributed by atoms with Crippen molar-refractivity contribution in [3.05, 3.63) is 0 Å². The van der Waals surface area contributed by atoms with Gasteiger partial charge in [0.25, 0.3) is 0 Å². The van der Waals surface area contributed by atoms with Crippen LogP contribution < -0.4 is 0 Å². The van der Waals surface area contributed by atoms with Gasteiger partial charge in [0.2, 0.25) is 37.0 Å². The molecule has 2 fully saturated rings. The molecule has 2 heterocycles. The Morgan fingerprint density at radius 1 is 0.667 bits per heavy atom. The van der Waals surface area contributed by atoms with Gasteiger partial charge in [-0.25, -0.2) is 25.3 Å². The zero-order chi connectivity index (χ0) is 30.9. The van der Waals surface area contributed by atoms with Gasteiger partial charge in [-0.3, -0.25) is 13.7 Å². The van der Waals surface area contributed by atoms with E-state index in [1.54, 1.807) is 0 Å². The number of ether oxygens (including phenoxy) is 3. The third-order valence-corrected chi connectivity index (χ3v) is 4.07. The fourth-order valence-electron chi connectivity index (χ4n) is 2.63. The Morgan fingerprint density at radius 2 is 1.03 bits per heavy atom. The Kier molecular flexibility index (Phi) is 19.5. The molecule has 0 bridgehead atoms. The number of hydrogen-bond acceptors (Lipinski definition) is 20. The maximum atomic E-state index is 10.00. The summed E-state index contributed by atoms with van der Waals surface area (Å²) in [6, 6.07) is 0. The van der Waals surface area contributed by atoms with Crippen LogP contribution in [0.15, 0.2) is 0 Å². The smallest absolute Gasteiger partial charge is 0.726 e. The Bertz CT molecular complexity index is 906. The fourth-order valence-corrected chi connectivity index (χ4v) is 2.63. The normalized spacial score (nSPS) is 34.6. The van der Waals surface area contributed by atoms with Crippen LogP contribution >= 0.6 is 0 Å². The quantitative estimate of drug-likeness (QED) is 0.0740. The average molecular weight is 660 g/mol.